The predicted octanol–water partition coefficient (Wildman–Crippen LogP) is 2.02. The van der Waals surface area contributed by atoms with Crippen molar-refractivity contribution in [1.82, 2.24) is 15.1 Å². The molecular weight excluding hydrogens is 186 g/mol. The van der Waals surface area contributed by atoms with Gasteiger partial charge in [0.05, 0.1) is 12.7 Å². The van der Waals surface area contributed by atoms with Crippen LogP contribution in [0.2, 0.25) is 0 Å². The van der Waals surface area contributed by atoms with Crippen LogP contribution in [0.5, 0.6) is 0 Å². The maximum atomic E-state index is 4.37. The standard InChI is InChI=1S/C12H19N3/c1-9(2)8-15-10(3)11(7-14-15)6-13-12-4-5-12/h7,12-13H,1,4-6,8H2,2-3H3. The summed E-state index contributed by atoms with van der Waals surface area (Å²) in [5.74, 6) is 0. The van der Waals surface area contributed by atoms with E-state index in [1.54, 1.807) is 0 Å². The summed E-state index contributed by atoms with van der Waals surface area (Å²) in [7, 11) is 0. The highest BCUT2D eigenvalue weighted by atomic mass is 15.3. The van der Waals surface area contributed by atoms with E-state index in [9.17, 15) is 0 Å². The normalized spacial score (nSPS) is 15.6. The monoisotopic (exact) mass is 205 g/mol. The van der Waals surface area contributed by atoms with E-state index in [-0.39, 0.29) is 0 Å². The van der Waals surface area contributed by atoms with Crippen molar-refractivity contribution >= 4 is 0 Å². The van der Waals surface area contributed by atoms with Gasteiger partial charge in [-0.25, -0.2) is 0 Å². The van der Waals surface area contributed by atoms with Gasteiger partial charge in [-0.1, -0.05) is 12.2 Å². The van der Waals surface area contributed by atoms with Gasteiger partial charge >= 0.3 is 0 Å². The Balaban J connectivity index is 1.98. The van der Waals surface area contributed by atoms with E-state index >= 15 is 0 Å². The molecule has 82 valence electrons. The molecule has 0 amide bonds. The van der Waals surface area contributed by atoms with Crippen molar-refractivity contribution in [3.05, 3.63) is 29.6 Å². The molecule has 15 heavy (non-hydrogen) atoms. The Labute approximate surface area is 91.2 Å². The summed E-state index contributed by atoms with van der Waals surface area (Å²) in [6, 6.07) is 0.758. The summed E-state index contributed by atoms with van der Waals surface area (Å²) in [6.07, 6.45) is 4.63. The van der Waals surface area contributed by atoms with Crippen LogP contribution in [0.4, 0.5) is 0 Å². The molecule has 1 aliphatic rings. The molecule has 0 spiro atoms. The maximum Gasteiger partial charge on any atom is 0.0617 e. The topological polar surface area (TPSA) is 29.9 Å². The van der Waals surface area contributed by atoms with E-state index in [1.165, 1.54) is 24.1 Å². The van der Waals surface area contributed by atoms with Gasteiger partial charge in [-0.2, -0.15) is 5.10 Å². The molecule has 1 aromatic rings. The number of aromatic nitrogens is 2. The minimum atomic E-state index is 0.758. The lowest BCUT2D eigenvalue weighted by molar-refractivity contribution is 0.648. The first-order chi connectivity index (χ1) is 7.16. The average Bonchev–Trinajstić information content (AvgIpc) is 2.93. The van der Waals surface area contributed by atoms with Gasteiger partial charge in [0.25, 0.3) is 0 Å². The molecule has 0 aliphatic heterocycles. The maximum absolute atomic E-state index is 4.37. The highest BCUT2D eigenvalue weighted by molar-refractivity contribution is 5.17. The van der Waals surface area contributed by atoms with E-state index in [0.29, 0.717) is 0 Å². The molecule has 2 rings (SSSR count). The molecule has 0 saturated heterocycles. The molecule has 0 unspecified atom stereocenters. The first kappa shape index (κ1) is 10.4. The number of nitrogens with one attached hydrogen (secondary N) is 1. The van der Waals surface area contributed by atoms with Gasteiger partial charge in [0, 0.05) is 23.8 Å². The molecule has 3 heteroatoms. The molecule has 0 atom stereocenters. The lowest BCUT2D eigenvalue weighted by Gasteiger charge is -2.05. The van der Waals surface area contributed by atoms with Crippen molar-refractivity contribution in [2.24, 2.45) is 0 Å². The van der Waals surface area contributed by atoms with Crippen LogP contribution in [0.1, 0.15) is 31.0 Å². The van der Waals surface area contributed by atoms with Crippen molar-refractivity contribution < 1.29 is 0 Å². The van der Waals surface area contributed by atoms with Crippen molar-refractivity contribution in [2.45, 2.75) is 45.8 Å². The summed E-state index contributed by atoms with van der Waals surface area (Å²) in [5, 5.41) is 7.87. The van der Waals surface area contributed by atoms with Gasteiger partial charge in [0.2, 0.25) is 0 Å². The Kier molecular flexibility index (Phi) is 2.91. The van der Waals surface area contributed by atoms with Crippen LogP contribution in [0.3, 0.4) is 0 Å². The fourth-order valence-corrected chi connectivity index (χ4v) is 1.62. The van der Waals surface area contributed by atoms with Crippen molar-refractivity contribution in [3.8, 4) is 0 Å². The number of hydrogen-bond donors (Lipinski definition) is 1. The predicted molar refractivity (Wildman–Crippen MR) is 61.6 cm³/mol. The van der Waals surface area contributed by atoms with Gasteiger partial charge in [-0.05, 0) is 26.7 Å². The SMILES string of the molecule is C=C(C)Cn1ncc(CNC2CC2)c1C. The average molecular weight is 205 g/mol. The summed E-state index contributed by atoms with van der Waals surface area (Å²) >= 11 is 0. The Hall–Kier alpha value is -1.09. The summed E-state index contributed by atoms with van der Waals surface area (Å²) in [4.78, 5) is 0. The number of rotatable bonds is 5. The second-order valence-electron chi connectivity index (χ2n) is 4.53. The Morgan fingerprint density at radius 3 is 3.00 bits per heavy atom. The third kappa shape index (κ3) is 2.69. The zero-order valence-corrected chi connectivity index (χ0v) is 9.58. The minimum absolute atomic E-state index is 0.758. The van der Waals surface area contributed by atoms with E-state index in [0.717, 1.165) is 24.7 Å². The largest absolute Gasteiger partial charge is 0.310 e. The number of hydrogen-bond acceptors (Lipinski definition) is 2. The van der Waals surface area contributed by atoms with Crippen molar-refractivity contribution in [1.29, 1.82) is 0 Å². The van der Waals surface area contributed by atoms with Crippen LogP contribution >= 0.6 is 0 Å². The minimum Gasteiger partial charge on any atom is -0.310 e. The van der Waals surface area contributed by atoms with Crippen LogP contribution in [0.15, 0.2) is 18.3 Å². The zero-order valence-electron chi connectivity index (χ0n) is 9.58. The lowest BCUT2D eigenvalue weighted by atomic mass is 10.2. The molecule has 3 nitrogen and oxygen atoms in total. The molecule has 1 fully saturated rings. The summed E-state index contributed by atoms with van der Waals surface area (Å²) < 4.78 is 2.02. The Bertz CT molecular complexity index is 361. The molecule has 1 N–H and O–H groups in total. The Morgan fingerprint density at radius 2 is 2.40 bits per heavy atom. The van der Waals surface area contributed by atoms with E-state index in [4.69, 9.17) is 0 Å². The second-order valence-corrected chi connectivity index (χ2v) is 4.53. The second kappa shape index (κ2) is 4.19. The van der Waals surface area contributed by atoms with Crippen LogP contribution in [0.25, 0.3) is 0 Å². The summed E-state index contributed by atoms with van der Waals surface area (Å²) in [5.41, 5.74) is 3.71. The molecular formula is C12H19N3. The van der Waals surface area contributed by atoms with Gasteiger partial charge in [-0.3, -0.25) is 4.68 Å². The first-order valence-corrected chi connectivity index (χ1v) is 5.56. The number of nitrogens with zero attached hydrogens (tertiary/aromatic N) is 2. The molecule has 0 radical (unpaired) electrons. The van der Waals surface area contributed by atoms with Crippen LogP contribution < -0.4 is 5.32 Å². The molecule has 1 aliphatic carbocycles. The number of allylic oxidation sites excluding steroid dienone is 1. The van der Waals surface area contributed by atoms with Gasteiger partial charge in [0.1, 0.15) is 0 Å². The third-order valence-corrected chi connectivity index (χ3v) is 2.78. The lowest BCUT2D eigenvalue weighted by Crippen LogP contribution is -2.15. The fourth-order valence-electron chi connectivity index (χ4n) is 1.62. The highest BCUT2D eigenvalue weighted by Crippen LogP contribution is 2.19. The molecule has 0 bridgehead atoms. The van der Waals surface area contributed by atoms with Crippen LogP contribution in [0, 0.1) is 6.92 Å². The van der Waals surface area contributed by atoms with E-state index in [1.807, 2.05) is 17.8 Å². The molecule has 1 aromatic heterocycles. The first-order valence-electron chi connectivity index (χ1n) is 5.56. The van der Waals surface area contributed by atoms with Crippen LogP contribution in [-0.4, -0.2) is 15.8 Å². The summed E-state index contributed by atoms with van der Waals surface area (Å²) in [6.45, 7) is 9.84. The Morgan fingerprint density at radius 1 is 1.67 bits per heavy atom. The van der Waals surface area contributed by atoms with E-state index < -0.39 is 0 Å². The van der Waals surface area contributed by atoms with Crippen LogP contribution in [-0.2, 0) is 13.1 Å². The van der Waals surface area contributed by atoms with Gasteiger partial charge in [-0.15, -0.1) is 0 Å². The van der Waals surface area contributed by atoms with Crippen molar-refractivity contribution in [2.75, 3.05) is 0 Å². The third-order valence-electron chi connectivity index (χ3n) is 2.78. The molecule has 1 saturated carbocycles. The van der Waals surface area contributed by atoms with Crippen molar-refractivity contribution in [3.63, 3.8) is 0 Å². The molecule has 0 aromatic carbocycles. The van der Waals surface area contributed by atoms with E-state index in [2.05, 4.69) is 23.9 Å². The highest BCUT2D eigenvalue weighted by Gasteiger charge is 2.20. The smallest absolute Gasteiger partial charge is 0.0617 e. The fraction of sp³-hybridized carbons (Fsp3) is 0.583. The van der Waals surface area contributed by atoms with Gasteiger partial charge in [0.15, 0.2) is 0 Å². The molecule has 1 heterocycles. The van der Waals surface area contributed by atoms with Gasteiger partial charge < -0.3 is 5.32 Å². The quantitative estimate of drug-likeness (QED) is 0.745. The zero-order chi connectivity index (χ0) is 10.8.